The van der Waals surface area contributed by atoms with Crippen molar-refractivity contribution in [2.75, 3.05) is 0 Å². The molecule has 1 atom stereocenters. The average molecular weight is 217 g/mol. The summed E-state index contributed by atoms with van der Waals surface area (Å²) in [6.07, 6.45) is 1.44. The fourth-order valence-corrected chi connectivity index (χ4v) is 1.87. The van der Waals surface area contributed by atoms with Crippen molar-refractivity contribution in [3.63, 3.8) is 0 Å². The number of rotatable bonds is 2. The SMILES string of the molecule is O=C1C=NC(NC2CCC(F)(F)CC2)N1. The highest BCUT2D eigenvalue weighted by molar-refractivity contribution is 6.27. The third kappa shape index (κ3) is 2.71. The van der Waals surface area contributed by atoms with Crippen molar-refractivity contribution in [3.05, 3.63) is 0 Å². The standard InChI is InChI=1S/C9H13F2N3O/c10-9(11)3-1-6(2-4-9)13-8-12-5-7(15)14-8/h5-6,8,13H,1-4H2,(H,14,15). The van der Waals surface area contributed by atoms with Gasteiger partial charge in [0.1, 0.15) is 0 Å². The van der Waals surface area contributed by atoms with E-state index in [1.807, 2.05) is 0 Å². The molecular weight excluding hydrogens is 204 g/mol. The molecule has 4 nitrogen and oxygen atoms in total. The molecule has 0 bridgehead atoms. The van der Waals surface area contributed by atoms with Crippen molar-refractivity contribution in [1.29, 1.82) is 0 Å². The van der Waals surface area contributed by atoms with E-state index in [0.29, 0.717) is 12.8 Å². The molecule has 0 aromatic rings. The molecular formula is C9H13F2N3O. The van der Waals surface area contributed by atoms with E-state index in [-0.39, 0.29) is 24.8 Å². The monoisotopic (exact) mass is 217 g/mol. The van der Waals surface area contributed by atoms with Gasteiger partial charge in [-0.05, 0) is 12.8 Å². The number of carbonyl (C=O) groups is 1. The van der Waals surface area contributed by atoms with E-state index in [0.717, 1.165) is 0 Å². The Hall–Kier alpha value is -1.04. The number of carbonyl (C=O) groups excluding carboxylic acids is 1. The highest BCUT2D eigenvalue weighted by atomic mass is 19.3. The van der Waals surface area contributed by atoms with Crippen molar-refractivity contribution < 1.29 is 13.6 Å². The number of aliphatic imine (C=N–C) groups is 1. The van der Waals surface area contributed by atoms with Crippen molar-refractivity contribution in [2.45, 2.75) is 43.9 Å². The Morgan fingerprint density at radius 2 is 2.13 bits per heavy atom. The summed E-state index contributed by atoms with van der Waals surface area (Å²) in [5.74, 6) is -2.76. The molecule has 1 unspecified atom stereocenters. The van der Waals surface area contributed by atoms with Crippen LogP contribution in [0.3, 0.4) is 0 Å². The minimum absolute atomic E-state index is 0.0187. The molecule has 0 spiro atoms. The lowest BCUT2D eigenvalue weighted by molar-refractivity contribution is -0.114. The molecule has 1 saturated carbocycles. The zero-order valence-electron chi connectivity index (χ0n) is 8.17. The molecule has 0 saturated heterocycles. The normalized spacial score (nSPS) is 30.5. The van der Waals surface area contributed by atoms with Crippen LogP contribution in [0.2, 0.25) is 0 Å². The van der Waals surface area contributed by atoms with Gasteiger partial charge in [0.15, 0.2) is 6.29 Å². The van der Waals surface area contributed by atoms with Gasteiger partial charge >= 0.3 is 0 Å². The first-order valence-corrected chi connectivity index (χ1v) is 5.03. The van der Waals surface area contributed by atoms with Crippen LogP contribution in [-0.2, 0) is 4.79 Å². The quantitative estimate of drug-likeness (QED) is 0.713. The summed E-state index contributed by atoms with van der Waals surface area (Å²) < 4.78 is 25.7. The molecule has 0 radical (unpaired) electrons. The van der Waals surface area contributed by atoms with Crippen LogP contribution >= 0.6 is 0 Å². The molecule has 2 N–H and O–H groups in total. The van der Waals surface area contributed by atoms with Gasteiger partial charge in [0.25, 0.3) is 5.91 Å². The van der Waals surface area contributed by atoms with Gasteiger partial charge in [-0.2, -0.15) is 0 Å². The topological polar surface area (TPSA) is 53.5 Å². The second-order valence-corrected chi connectivity index (χ2v) is 3.99. The van der Waals surface area contributed by atoms with Crippen molar-refractivity contribution in [2.24, 2.45) is 4.99 Å². The summed E-state index contributed by atoms with van der Waals surface area (Å²) in [5.41, 5.74) is 0. The highest BCUT2D eigenvalue weighted by Gasteiger charge is 2.35. The summed E-state index contributed by atoms with van der Waals surface area (Å²) >= 11 is 0. The van der Waals surface area contributed by atoms with E-state index in [4.69, 9.17) is 0 Å². The zero-order valence-corrected chi connectivity index (χ0v) is 8.17. The predicted molar refractivity (Wildman–Crippen MR) is 50.8 cm³/mol. The lowest BCUT2D eigenvalue weighted by atomic mass is 9.92. The first kappa shape index (κ1) is 10.5. The molecule has 2 aliphatic rings. The van der Waals surface area contributed by atoms with Gasteiger partial charge in [-0.3, -0.25) is 10.1 Å². The Morgan fingerprint density at radius 3 is 2.67 bits per heavy atom. The zero-order chi connectivity index (χ0) is 10.9. The Morgan fingerprint density at radius 1 is 1.47 bits per heavy atom. The van der Waals surface area contributed by atoms with E-state index in [9.17, 15) is 13.6 Å². The molecule has 84 valence electrons. The molecule has 1 aliphatic carbocycles. The summed E-state index contributed by atoms with van der Waals surface area (Å²) in [5, 5.41) is 5.58. The number of halogens is 2. The van der Waals surface area contributed by atoms with Crippen LogP contribution in [0.5, 0.6) is 0 Å². The van der Waals surface area contributed by atoms with Crippen LogP contribution in [0.4, 0.5) is 8.78 Å². The van der Waals surface area contributed by atoms with Gasteiger partial charge < -0.3 is 5.32 Å². The number of hydrogen-bond donors (Lipinski definition) is 2. The van der Waals surface area contributed by atoms with Gasteiger partial charge in [0, 0.05) is 18.9 Å². The number of hydrogen-bond acceptors (Lipinski definition) is 3. The maximum absolute atomic E-state index is 12.8. The van der Waals surface area contributed by atoms with Gasteiger partial charge in [0.05, 0.1) is 6.21 Å². The molecule has 0 aromatic heterocycles. The van der Waals surface area contributed by atoms with Crippen LogP contribution in [0.15, 0.2) is 4.99 Å². The molecule has 1 fully saturated rings. The summed E-state index contributed by atoms with van der Waals surface area (Å²) in [4.78, 5) is 14.6. The fraction of sp³-hybridized carbons (Fsp3) is 0.778. The molecule has 0 aromatic carbocycles. The van der Waals surface area contributed by atoms with Gasteiger partial charge in [0.2, 0.25) is 5.92 Å². The van der Waals surface area contributed by atoms with Crippen LogP contribution in [0, 0.1) is 0 Å². The van der Waals surface area contributed by atoms with E-state index >= 15 is 0 Å². The Balaban J connectivity index is 1.78. The molecule has 15 heavy (non-hydrogen) atoms. The maximum atomic E-state index is 12.8. The van der Waals surface area contributed by atoms with E-state index < -0.39 is 12.2 Å². The lowest BCUT2D eigenvalue weighted by Crippen LogP contribution is -2.47. The minimum Gasteiger partial charge on any atom is -0.317 e. The largest absolute Gasteiger partial charge is 0.317 e. The number of amides is 1. The maximum Gasteiger partial charge on any atom is 0.264 e. The van der Waals surface area contributed by atoms with Crippen LogP contribution < -0.4 is 10.6 Å². The lowest BCUT2D eigenvalue weighted by Gasteiger charge is -2.30. The summed E-state index contributed by atoms with van der Waals surface area (Å²) in [7, 11) is 0. The van der Waals surface area contributed by atoms with Gasteiger partial charge in [-0.15, -0.1) is 0 Å². The molecule has 1 amide bonds. The molecule has 6 heteroatoms. The Labute approximate surface area is 86.1 Å². The van der Waals surface area contributed by atoms with E-state index in [1.54, 1.807) is 0 Å². The Kier molecular flexibility index (Phi) is 2.68. The number of alkyl halides is 2. The van der Waals surface area contributed by atoms with Crippen molar-refractivity contribution in [1.82, 2.24) is 10.6 Å². The van der Waals surface area contributed by atoms with Crippen molar-refractivity contribution in [3.8, 4) is 0 Å². The van der Waals surface area contributed by atoms with Crippen LogP contribution in [0.25, 0.3) is 0 Å². The Bertz CT molecular complexity index is 283. The van der Waals surface area contributed by atoms with E-state index in [2.05, 4.69) is 15.6 Å². The third-order valence-corrected chi connectivity index (χ3v) is 2.73. The van der Waals surface area contributed by atoms with Crippen LogP contribution in [0.1, 0.15) is 25.7 Å². The summed E-state index contributed by atoms with van der Waals surface area (Å²) in [6, 6.07) is 0.0187. The highest BCUT2D eigenvalue weighted by Crippen LogP contribution is 2.33. The molecule has 2 rings (SSSR count). The average Bonchev–Trinajstić information content (AvgIpc) is 2.55. The summed E-state index contributed by atoms with van der Waals surface area (Å²) in [6.45, 7) is 0. The number of nitrogens with one attached hydrogen (secondary N) is 2. The van der Waals surface area contributed by atoms with Gasteiger partial charge in [-0.1, -0.05) is 0 Å². The minimum atomic E-state index is -2.51. The smallest absolute Gasteiger partial charge is 0.264 e. The second kappa shape index (κ2) is 3.84. The second-order valence-electron chi connectivity index (χ2n) is 3.99. The molecule has 1 aliphatic heterocycles. The predicted octanol–water partition coefficient (Wildman–Crippen LogP) is 0.638. The third-order valence-electron chi connectivity index (χ3n) is 2.73. The molecule has 1 heterocycles. The van der Waals surface area contributed by atoms with Crippen molar-refractivity contribution >= 4 is 12.1 Å². The first-order chi connectivity index (χ1) is 7.05. The van der Waals surface area contributed by atoms with Crippen LogP contribution in [-0.4, -0.2) is 30.4 Å². The fourth-order valence-electron chi connectivity index (χ4n) is 1.87. The van der Waals surface area contributed by atoms with E-state index in [1.165, 1.54) is 6.21 Å². The first-order valence-electron chi connectivity index (χ1n) is 5.03. The number of nitrogens with zero attached hydrogens (tertiary/aromatic N) is 1. The van der Waals surface area contributed by atoms with Gasteiger partial charge in [-0.25, -0.2) is 13.8 Å².